The molecule has 1 amide bonds. The Morgan fingerprint density at radius 1 is 0.857 bits per heavy atom. The van der Waals surface area contributed by atoms with E-state index in [-0.39, 0.29) is 41.8 Å². The Kier molecular flexibility index (Phi) is 14.4. The number of hydrogen-bond donors (Lipinski definition) is 1. The van der Waals surface area contributed by atoms with Crippen LogP contribution >= 0.6 is 0 Å². The van der Waals surface area contributed by atoms with E-state index in [1.165, 1.54) is 39.5 Å². The standard InChI is InChI=1S/C44H53FN2O8Si/c1-28(2)47-36(22-21-33(48)25-34(26-38(49)53-7)55-56(9,10)44(3,4)5)39(31-17-19-32(45)20-18-31)40(30-14-12-11-13-15-30)41(47)42(50)46-27-29-16-23-37(52-6)35(24-29)43(51)54-8/h11-24,28,34H,25-27H2,1-10H3,(H,46,50)/b22-21+/t34-/m1/s1. The molecule has 0 unspecified atom stereocenters. The first-order chi connectivity index (χ1) is 26.4. The molecule has 56 heavy (non-hydrogen) atoms. The highest BCUT2D eigenvalue weighted by Crippen LogP contribution is 2.43. The van der Waals surface area contributed by atoms with Crippen LogP contribution in [0.15, 0.2) is 78.9 Å². The number of ether oxygens (including phenoxy) is 3. The number of amides is 1. The number of hydrogen-bond acceptors (Lipinski definition) is 8. The molecule has 0 aliphatic rings. The van der Waals surface area contributed by atoms with Gasteiger partial charge in [0.1, 0.15) is 22.8 Å². The highest BCUT2D eigenvalue weighted by molar-refractivity contribution is 6.74. The predicted molar refractivity (Wildman–Crippen MR) is 219 cm³/mol. The zero-order valence-corrected chi connectivity index (χ0v) is 35.0. The molecule has 0 fully saturated rings. The number of rotatable bonds is 16. The third-order valence-electron chi connectivity index (χ3n) is 10.0. The average molecular weight is 785 g/mol. The van der Waals surface area contributed by atoms with Crippen LogP contribution in [-0.4, -0.2) is 63.9 Å². The summed E-state index contributed by atoms with van der Waals surface area (Å²) in [5.41, 5.74) is 4.31. The molecule has 12 heteroatoms. The molecule has 3 aromatic carbocycles. The van der Waals surface area contributed by atoms with Crippen LogP contribution < -0.4 is 10.1 Å². The number of aromatic nitrogens is 1. The summed E-state index contributed by atoms with van der Waals surface area (Å²) in [7, 11) is 1.66. The third-order valence-corrected chi connectivity index (χ3v) is 14.6. The summed E-state index contributed by atoms with van der Waals surface area (Å²) in [6.07, 6.45) is 2.28. The number of benzene rings is 3. The van der Waals surface area contributed by atoms with Gasteiger partial charge in [0.2, 0.25) is 0 Å². The summed E-state index contributed by atoms with van der Waals surface area (Å²) in [6, 6.07) is 20.1. The van der Waals surface area contributed by atoms with Crippen molar-refractivity contribution in [2.45, 2.75) is 84.3 Å². The Morgan fingerprint density at radius 3 is 2.07 bits per heavy atom. The molecule has 1 aromatic heterocycles. The lowest BCUT2D eigenvalue weighted by atomic mass is 9.94. The molecule has 0 saturated carbocycles. The number of carbonyl (C=O) groups excluding carboxylic acids is 4. The monoisotopic (exact) mass is 784 g/mol. The number of nitrogens with one attached hydrogen (secondary N) is 1. The molecule has 1 atom stereocenters. The maximum absolute atomic E-state index is 14.6. The number of ketones is 1. The molecule has 0 bridgehead atoms. The van der Waals surface area contributed by atoms with Gasteiger partial charge in [-0.2, -0.15) is 0 Å². The van der Waals surface area contributed by atoms with E-state index in [1.54, 1.807) is 36.4 Å². The Morgan fingerprint density at radius 2 is 1.50 bits per heavy atom. The molecular weight excluding hydrogens is 732 g/mol. The van der Waals surface area contributed by atoms with E-state index in [0.717, 1.165) is 5.56 Å². The molecular formula is C44H53FN2O8Si. The van der Waals surface area contributed by atoms with Crippen LogP contribution in [0.4, 0.5) is 4.39 Å². The van der Waals surface area contributed by atoms with Crippen molar-refractivity contribution in [3.8, 4) is 28.0 Å². The van der Waals surface area contributed by atoms with Gasteiger partial charge >= 0.3 is 11.9 Å². The van der Waals surface area contributed by atoms with E-state index in [0.29, 0.717) is 39.4 Å². The lowest BCUT2D eigenvalue weighted by Crippen LogP contribution is -2.44. The molecule has 0 spiro atoms. The van der Waals surface area contributed by atoms with E-state index in [2.05, 4.69) is 39.2 Å². The third kappa shape index (κ3) is 10.3. The molecule has 0 aliphatic heterocycles. The van der Waals surface area contributed by atoms with Crippen LogP contribution in [0.2, 0.25) is 18.1 Å². The molecule has 10 nitrogen and oxygen atoms in total. The largest absolute Gasteiger partial charge is 0.496 e. The minimum Gasteiger partial charge on any atom is -0.496 e. The Balaban J connectivity index is 1.87. The first-order valence-corrected chi connectivity index (χ1v) is 21.4. The summed E-state index contributed by atoms with van der Waals surface area (Å²) >= 11 is 0. The van der Waals surface area contributed by atoms with Crippen molar-refractivity contribution in [1.82, 2.24) is 9.88 Å². The zero-order valence-electron chi connectivity index (χ0n) is 34.0. The molecule has 298 valence electrons. The normalized spacial score (nSPS) is 12.4. The number of allylic oxidation sites excluding steroid dienone is 1. The van der Waals surface area contributed by atoms with Crippen molar-refractivity contribution in [2.75, 3.05) is 21.3 Å². The van der Waals surface area contributed by atoms with Crippen molar-refractivity contribution >= 4 is 38.0 Å². The second kappa shape index (κ2) is 18.5. The lowest BCUT2D eigenvalue weighted by Gasteiger charge is -2.39. The number of esters is 2. The second-order valence-corrected chi connectivity index (χ2v) is 20.1. The predicted octanol–water partition coefficient (Wildman–Crippen LogP) is 9.19. The first kappa shape index (κ1) is 43.4. The smallest absolute Gasteiger partial charge is 0.341 e. The summed E-state index contributed by atoms with van der Waals surface area (Å²) in [4.78, 5) is 53.3. The maximum Gasteiger partial charge on any atom is 0.341 e. The Bertz CT molecular complexity index is 2060. The highest BCUT2D eigenvalue weighted by atomic mass is 28.4. The molecule has 1 heterocycles. The van der Waals surface area contributed by atoms with Crippen molar-refractivity contribution in [3.05, 3.63) is 107 Å². The fourth-order valence-electron chi connectivity index (χ4n) is 6.21. The van der Waals surface area contributed by atoms with Crippen LogP contribution in [-0.2, 0) is 30.0 Å². The van der Waals surface area contributed by atoms with Crippen molar-refractivity contribution in [2.24, 2.45) is 0 Å². The molecule has 0 radical (unpaired) electrons. The molecule has 0 saturated heterocycles. The van der Waals surface area contributed by atoms with Crippen molar-refractivity contribution in [1.29, 1.82) is 0 Å². The SMILES string of the molecule is COC(=O)C[C@@H](CC(=O)/C=C/c1c(-c2ccc(F)cc2)c(-c2ccccc2)c(C(=O)NCc2ccc(OC)c(C(=O)OC)c2)n1C(C)C)O[Si](C)(C)C(C)(C)C. The van der Waals surface area contributed by atoms with E-state index < -0.39 is 38.1 Å². The fourth-order valence-corrected chi connectivity index (χ4v) is 7.56. The number of carbonyl (C=O) groups is 4. The summed E-state index contributed by atoms with van der Waals surface area (Å²) < 4.78 is 38.0. The van der Waals surface area contributed by atoms with Crippen LogP contribution in [0.25, 0.3) is 28.3 Å². The fraction of sp³-hybridized carbons (Fsp3) is 0.364. The van der Waals surface area contributed by atoms with E-state index >= 15 is 0 Å². The van der Waals surface area contributed by atoms with Gasteiger partial charge in [0.15, 0.2) is 14.1 Å². The van der Waals surface area contributed by atoms with Gasteiger partial charge in [-0.05, 0) is 85.1 Å². The van der Waals surface area contributed by atoms with Crippen molar-refractivity contribution < 1.29 is 42.2 Å². The van der Waals surface area contributed by atoms with Gasteiger partial charge < -0.3 is 28.5 Å². The van der Waals surface area contributed by atoms with Gasteiger partial charge in [0.05, 0.1) is 39.5 Å². The Hall–Kier alpha value is -5.33. The summed E-state index contributed by atoms with van der Waals surface area (Å²) in [5, 5.41) is 2.87. The second-order valence-electron chi connectivity index (χ2n) is 15.3. The van der Waals surface area contributed by atoms with Crippen LogP contribution in [0.1, 0.15) is 85.6 Å². The van der Waals surface area contributed by atoms with Gasteiger partial charge in [-0.1, -0.05) is 69.3 Å². The minimum atomic E-state index is -2.38. The van der Waals surface area contributed by atoms with E-state index in [4.69, 9.17) is 18.6 Å². The van der Waals surface area contributed by atoms with Crippen LogP contribution in [0, 0.1) is 5.82 Å². The average Bonchev–Trinajstić information content (AvgIpc) is 3.51. The van der Waals surface area contributed by atoms with Crippen LogP contribution in [0.5, 0.6) is 5.75 Å². The van der Waals surface area contributed by atoms with Gasteiger partial charge in [-0.15, -0.1) is 0 Å². The highest BCUT2D eigenvalue weighted by Gasteiger charge is 2.40. The summed E-state index contributed by atoms with van der Waals surface area (Å²) in [6.45, 7) is 14.3. The van der Waals surface area contributed by atoms with Gasteiger partial charge in [0, 0.05) is 30.1 Å². The minimum absolute atomic E-state index is 0.0652. The maximum atomic E-state index is 14.6. The topological polar surface area (TPSA) is 122 Å². The zero-order chi connectivity index (χ0) is 41.4. The van der Waals surface area contributed by atoms with Gasteiger partial charge in [0.25, 0.3) is 5.91 Å². The van der Waals surface area contributed by atoms with E-state index in [9.17, 15) is 23.6 Å². The molecule has 4 aromatic rings. The lowest BCUT2D eigenvalue weighted by molar-refractivity contribution is -0.142. The molecule has 4 rings (SSSR count). The summed E-state index contributed by atoms with van der Waals surface area (Å²) in [5.74, 6) is -1.83. The van der Waals surface area contributed by atoms with Crippen molar-refractivity contribution in [3.63, 3.8) is 0 Å². The first-order valence-electron chi connectivity index (χ1n) is 18.5. The van der Waals surface area contributed by atoms with Gasteiger partial charge in [-0.3, -0.25) is 14.4 Å². The quantitative estimate of drug-likeness (QED) is 0.0678. The molecule has 0 aliphatic carbocycles. The molecule has 1 N–H and O–H groups in total. The number of halogens is 1. The Labute approximate surface area is 330 Å². The van der Waals surface area contributed by atoms with Crippen LogP contribution in [0.3, 0.4) is 0 Å². The van der Waals surface area contributed by atoms with Gasteiger partial charge in [-0.25, -0.2) is 9.18 Å². The van der Waals surface area contributed by atoms with E-state index in [1.807, 2.05) is 48.7 Å². The number of methoxy groups -OCH3 is 3. The number of nitrogens with zero attached hydrogens (tertiary/aromatic N) is 1.